The van der Waals surface area contributed by atoms with Crippen LogP contribution in [-0.2, 0) is 14.4 Å². The number of nitrogens with one attached hydrogen (secondary N) is 1. The van der Waals surface area contributed by atoms with Crippen molar-refractivity contribution in [3.05, 3.63) is 34.7 Å². The highest BCUT2D eigenvalue weighted by atomic mass is 32.2. The Hall–Kier alpha value is -2.39. The molecule has 2 amide bonds. The average Bonchev–Trinajstić information content (AvgIpc) is 2.87. The molecule has 1 fully saturated rings. The topological polar surface area (TPSA) is 98.8 Å². The number of aliphatic carboxylic acids is 1. The van der Waals surface area contributed by atoms with E-state index in [1.807, 2.05) is 12.1 Å². The summed E-state index contributed by atoms with van der Waals surface area (Å²) < 4.78 is 5.48. The Morgan fingerprint density at radius 3 is 2.62 bits per heavy atom. The molecule has 1 aliphatic heterocycles. The molecule has 9 heteroatoms. The van der Waals surface area contributed by atoms with Crippen LogP contribution in [0.3, 0.4) is 0 Å². The zero-order valence-electron chi connectivity index (χ0n) is 14.0. The minimum absolute atomic E-state index is 0.00304. The average molecular weight is 393 g/mol. The van der Waals surface area contributed by atoms with E-state index in [1.54, 1.807) is 25.3 Å². The van der Waals surface area contributed by atoms with Gasteiger partial charge in [-0.1, -0.05) is 36.1 Å². The van der Waals surface area contributed by atoms with Crippen molar-refractivity contribution in [2.24, 2.45) is 0 Å². The molecule has 1 N–H and O–H groups in total. The maximum absolute atomic E-state index is 12.5. The van der Waals surface area contributed by atoms with E-state index in [4.69, 9.17) is 17.0 Å². The molecule has 2 rings (SSSR count). The molecule has 0 spiro atoms. The molecule has 1 aromatic carbocycles. The number of rotatable bonds is 8. The van der Waals surface area contributed by atoms with Crippen LogP contribution in [0.4, 0.5) is 0 Å². The van der Waals surface area contributed by atoms with Crippen molar-refractivity contribution in [1.29, 1.82) is 0 Å². The van der Waals surface area contributed by atoms with Gasteiger partial charge in [0.25, 0.3) is 5.91 Å². The molecule has 0 bridgehead atoms. The van der Waals surface area contributed by atoms with Crippen molar-refractivity contribution in [3.8, 4) is 5.75 Å². The van der Waals surface area contributed by atoms with E-state index in [9.17, 15) is 19.5 Å². The summed E-state index contributed by atoms with van der Waals surface area (Å²) in [6.07, 6.45) is 1.52. The van der Waals surface area contributed by atoms with Gasteiger partial charge in [0, 0.05) is 31.9 Å². The molecular weight excluding hydrogens is 376 g/mol. The van der Waals surface area contributed by atoms with E-state index in [0.717, 1.165) is 11.3 Å². The number of thioether (sulfide) groups is 1. The van der Waals surface area contributed by atoms with Crippen LogP contribution in [0.25, 0.3) is 6.08 Å². The van der Waals surface area contributed by atoms with Crippen LogP contribution < -0.4 is 15.2 Å². The fraction of sp³-hybridized carbons (Fsp3) is 0.294. The van der Waals surface area contributed by atoms with Gasteiger partial charge in [0.05, 0.1) is 12.0 Å². The van der Waals surface area contributed by atoms with Crippen molar-refractivity contribution in [1.82, 2.24) is 10.2 Å². The van der Waals surface area contributed by atoms with Crippen molar-refractivity contribution in [2.75, 3.05) is 20.2 Å². The highest BCUT2D eigenvalue weighted by molar-refractivity contribution is 8.26. The fourth-order valence-corrected chi connectivity index (χ4v) is 3.46. The number of hydrogen-bond acceptors (Lipinski definition) is 7. The normalized spacial score (nSPS) is 15.4. The van der Waals surface area contributed by atoms with Crippen molar-refractivity contribution in [3.63, 3.8) is 0 Å². The largest absolute Gasteiger partial charge is 0.550 e. The molecular formula is C17H17N2O5S2-. The maximum Gasteiger partial charge on any atom is 0.266 e. The summed E-state index contributed by atoms with van der Waals surface area (Å²) in [5.41, 5.74) is 0.839. The van der Waals surface area contributed by atoms with E-state index in [0.29, 0.717) is 9.23 Å². The number of amides is 2. The fourth-order valence-electron chi connectivity index (χ4n) is 2.15. The number of benzene rings is 1. The number of carbonyl (C=O) groups is 3. The molecule has 1 aromatic rings. The molecule has 0 aromatic heterocycles. The summed E-state index contributed by atoms with van der Waals surface area (Å²) in [6, 6.07) is 7.25. The summed E-state index contributed by atoms with van der Waals surface area (Å²) >= 11 is 6.39. The van der Waals surface area contributed by atoms with Crippen LogP contribution in [0.2, 0.25) is 0 Å². The molecule has 1 saturated heterocycles. The van der Waals surface area contributed by atoms with Gasteiger partial charge in [-0.2, -0.15) is 0 Å². The van der Waals surface area contributed by atoms with Gasteiger partial charge in [-0.05, 0) is 23.8 Å². The first-order valence-electron chi connectivity index (χ1n) is 7.76. The monoisotopic (exact) mass is 393 g/mol. The molecule has 0 aliphatic carbocycles. The van der Waals surface area contributed by atoms with Gasteiger partial charge in [0.15, 0.2) is 0 Å². The third-order valence-corrected chi connectivity index (χ3v) is 4.88. The van der Waals surface area contributed by atoms with Gasteiger partial charge >= 0.3 is 0 Å². The van der Waals surface area contributed by atoms with E-state index >= 15 is 0 Å². The summed E-state index contributed by atoms with van der Waals surface area (Å²) in [6.45, 7) is 0.138. The zero-order chi connectivity index (χ0) is 19.1. The number of methoxy groups -OCH3 is 1. The third kappa shape index (κ3) is 5.57. The predicted octanol–water partition coefficient (Wildman–Crippen LogP) is 0.543. The zero-order valence-corrected chi connectivity index (χ0v) is 15.7. The Kier molecular flexibility index (Phi) is 7.16. The summed E-state index contributed by atoms with van der Waals surface area (Å²) in [7, 11) is 1.58. The predicted molar refractivity (Wildman–Crippen MR) is 100 cm³/mol. The molecule has 0 atom stereocenters. The van der Waals surface area contributed by atoms with E-state index < -0.39 is 5.97 Å². The number of nitrogens with zero attached hydrogens (tertiary/aromatic N) is 1. The summed E-state index contributed by atoms with van der Waals surface area (Å²) in [5.74, 6) is -1.11. The molecule has 7 nitrogen and oxygen atoms in total. The Morgan fingerprint density at radius 1 is 1.31 bits per heavy atom. The molecule has 26 heavy (non-hydrogen) atoms. The number of carboxylic acid groups (broad SMARTS) is 1. The first-order chi connectivity index (χ1) is 12.4. The van der Waals surface area contributed by atoms with Gasteiger partial charge in [-0.15, -0.1) is 0 Å². The first kappa shape index (κ1) is 19.9. The van der Waals surface area contributed by atoms with Crippen LogP contribution >= 0.6 is 24.0 Å². The highest BCUT2D eigenvalue weighted by Crippen LogP contribution is 2.32. The lowest BCUT2D eigenvalue weighted by Gasteiger charge is -2.14. The van der Waals surface area contributed by atoms with Crippen LogP contribution in [0.5, 0.6) is 5.75 Å². The SMILES string of the molecule is COc1ccc(/C=C2/SC(=S)N(CCC(=O)NCCC(=O)[O-])C2=O)cc1. The van der Waals surface area contributed by atoms with Gasteiger partial charge in [-0.3, -0.25) is 14.5 Å². The third-order valence-electron chi connectivity index (χ3n) is 3.50. The van der Waals surface area contributed by atoms with Crippen LogP contribution in [0, 0.1) is 0 Å². The van der Waals surface area contributed by atoms with Crippen molar-refractivity contribution in [2.45, 2.75) is 12.8 Å². The van der Waals surface area contributed by atoms with E-state index in [2.05, 4.69) is 5.32 Å². The Morgan fingerprint density at radius 2 is 2.00 bits per heavy atom. The Bertz CT molecular complexity index is 746. The molecule has 1 aliphatic rings. The van der Waals surface area contributed by atoms with Crippen LogP contribution in [0.15, 0.2) is 29.2 Å². The molecule has 0 unspecified atom stereocenters. The van der Waals surface area contributed by atoms with Gasteiger partial charge in [0.1, 0.15) is 10.1 Å². The number of carbonyl (C=O) groups excluding carboxylic acids is 3. The van der Waals surface area contributed by atoms with Crippen LogP contribution in [-0.4, -0.2) is 47.2 Å². The van der Waals surface area contributed by atoms with E-state index in [1.165, 1.54) is 16.7 Å². The summed E-state index contributed by atoms with van der Waals surface area (Å²) in [5, 5.41) is 12.8. The van der Waals surface area contributed by atoms with E-state index in [-0.39, 0.29) is 37.7 Å². The van der Waals surface area contributed by atoms with Gasteiger partial charge in [-0.25, -0.2) is 0 Å². The van der Waals surface area contributed by atoms with Crippen molar-refractivity contribution < 1.29 is 24.2 Å². The standard InChI is InChI=1S/C17H18N2O5S2/c1-24-12-4-2-11(3-5-12)10-13-16(23)19(17(25)26-13)9-7-14(20)18-8-6-15(21)22/h2-5,10H,6-9H2,1H3,(H,18,20)(H,21,22)/p-1/b13-10+. The minimum Gasteiger partial charge on any atom is -0.550 e. The quantitative estimate of drug-likeness (QED) is 0.508. The second-order valence-corrected chi connectivity index (χ2v) is 7.00. The lowest BCUT2D eigenvalue weighted by atomic mass is 10.2. The Balaban J connectivity index is 1.92. The number of carboxylic acids is 1. The highest BCUT2D eigenvalue weighted by Gasteiger charge is 2.31. The van der Waals surface area contributed by atoms with Gasteiger partial charge < -0.3 is 20.0 Å². The Labute approximate surface area is 160 Å². The molecule has 138 valence electrons. The van der Waals surface area contributed by atoms with Crippen molar-refractivity contribution >= 4 is 52.2 Å². The van der Waals surface area contributed by atoms with Crippen LogP contribution in [0.1, 0.15) is 18.4 Å². The molecule has 0 saturated carbocycles. The second kappa shape index (κ2) is 9.35. The lowest BCUT2D eigenvalue weighted by molar-refractivity contribution is -0.305. The maximum atomic E-state index is 12.5. The lowest BCUT2D eigenvalue weighted by Crippen LogP contribution is -2.35. The molecule has 1 heterocycles. The number of hydrogen-bond donors (Lipinski definition) is 1. The minimum atomic E-state index is -1.23. The second-order valence-electron chi connectivity index (χ2n) is 5.33. The summed E-state index contributed by atoms with van der Waals surface area (Å²) in [4.78, 5) is 36.3. The first-order valence-corrected chi connectivity index (χ1v) is 8.99. The molecule has 0 radical (unpaired) electrons. The number of ether oxygens (including phenoxy) is 1. The van der Waals surface area contributed by atoms with Gasteiger partial charge in [0.2, 0.25) is 5.91 Å². The smallest absolute Gasteiger partial charge is 0.266 e. The number of thiocarbonyl (C=S) groups is 1.